The Morgan fingerprint density at radius 2 is 2.16 bits per heavy atom. The number of anilines is 1. The fourth-order valence-electron chi connectivity index (χ4n) is 1.83. The Kier molecular flexibility index (Phi) is 4.80. The van der Waals surface area contributed by atoms with Crippen molar-refractivity contribution in [3.05, 3.63) is 39.8 Å². The summed E-state index contributed by atoms with van der Waals surface area (Å²) in [5.74, 6) is 0.919. The molecular formula is C15H20N2OS. The summed E-state index contributed by atoms with van der Waals surface area (Å²) >= 11 is 1.76. The third-order valence-corrected chi connectivity index (χ3v) is 3.94. The minimum Gasteiger partial charge on any atom is -0.492 e. The zero-order valence-corrected chi connectivity index (χ0v) is 12.5. The van der Waals surface area contributed by atoms with Crippen LogP contribution in [0.1, 0.15) is 29.3 Å². The van der Waals surface area contributed by atoms with Gasteiger partial charge in [-0.05, 0) is 38.0 Å². The van der Waals surface area contributed by atoms with E-state index in [1.165, 1.54) is 15.4 Å². The first-order valence-corrected chi connectivity index (χ1v) is 7.45. The molecule has 2 rings (SSSR count). The molecule has 4 heteroatoms. The van der Waals surface area contributed by atoms with E-state index in [4.69, 9.17) is 4.74 Å². The number of rotatable bonds is 6. The second-order valence-corrected chi connectivity index (χ2v) is 5.56. The van der Waals surface area contributed by atoms with Crippen molar-refractivity contribution in [2.24, 2.45) is 0 Å². The van der Waals surface area contributed by atoms with Gasteiger partial charge in [0.15, 0.2) is 0 Å². The molecule has 0 amide bonds. The van der Waals surface area contributed by atoms with Gasteiger partial charge in [0.2, 0.25) is 0 Å². The quantitative estimate of drug-likeness (QED) is 0.865. The summed E-state index contributed by atoms with van der Waals surface area (Å²) in [6, 6.07) is 6.23. The highest BCUT2D eigenvalue weighted by Crippen LogP contribution is 2.26. The van der Waals surface area contributed by atoms with Gasteiger partial charge in [-0.1, -0.05) is 13.0 Å². The van der Waals surface area contributed by atoms with Gasteiger partial charge in [-0.3, -0.25) is 0 Å². The summed E-state index contributed by atoms with van der Waals surface area (Å²) in [7, 11) is 0. The summed E-state index contributed by atoms with van der Waals surface area (Å²) in [4.78, 5) is 5.62. The van der Waals surface area contributed by atoms with Crippen molar-refractivity contribution in [3.63, 3.8) is 0 Å². The van der Waals surface area contributed by atoms with Gasteiger partial charge < -0.3 is 10.1 Å². The van der Waals surface area contributed by atoms with Crippen LogP contribution in [0.2, 0.25) is 0 Å². The van der Waals surface area contributed by atoms with Crippen LogP contribution in [0.5, 0.6) is 5.75 Å². The van der Waals surface area contributed by atoms with Gasteiger partial charge in [0, 0.05) is 11.1 Å². The van der Waals surface area contributed by atoms with E-state index in [9.17, 15) is 0 Å². The van der Waals surface area contributed by atoms with Crippen LogP contribution in [-0.2, 0) is 13.0 Å². The molecule has 1 aromatic carbocycles. The van der Waals surface area contributed by atoms with Crippen molar-refractivity contribution in [1.29, 1.82) is 0 Å². The standard InChI is InChI=1S/C15H20N2OS/c1-4-15-17-10-12(19-15)9-16-13-7-6-11(3)8-14(13)18-5-2/h6-8,10,16H,4-5,9H2,1-3H3. The van der Waals surface area contributed by atoms with Crippen LogP contribution in [0.25, 0.3) is 0 Å². The molecule has 1 N–H and O–H groups in total. The number of thiazole rings is 1. The van der Waals surface area contributed by atoms with Crippen LogP contribution in [0.3, 0.4) is 0 Å². The van der Waals surface area contributed by atoms with E-state index in [-0.39, 0.29) is 0 Å². The number of nitrogens with zero attached hydrogens (tertiary/aromatic N) is 1. The molecule has 0 fully saturated rings. The Hall–Kier alpha value is -1.55. The average molecular weight is 276 g/mol. The van der Waals surface area contributed by atoms with Crippen molar-refractivity contribution in [2.45, 2.75) is 33.7 Å². The number of ether oxygens (including phenoxy) is 1. The van der Waals surface area contributed by atoms with E-state index < -0.39 is 0 Å². The fourth-order valence-corrected chi connectivity index (χ4v) is 2.63. The monoisotopic (exact) mass is 276 g/mol. The summed E-state index contributed by atoms with van der Waals surface area (Å²) in [6.07, 6.45) is 2.95. The molecule has 3 nitrogen and oxygen atoms in total. The molecule has 0 atom stereocenters. The van der Waals surface area contributed by atoms with Gasteiger partial charge in [0.25, 0.3) is 0 Å². The number of benzene rings is 1. The maximum Gasteiger partial charge on any atom is 0.142 e. The van der Waals surface area contributed by atoms with Crippen LogP contribution in [0.15, 0.2) is 24.4 Å². The van der Waals surface area contributed by atoms with E-state index in [0.717, 1.165) is 24.4 Å². The number of nitrogens with one attached hydrogen (secondary N) is 1. The van der Waals surface area contributed by atoms with Gasteiger partial charge in [0.05, 0.1) is 23.8 Å². The number of aromatic nitrogens is 1. The molecule has 1 heterocycles. The Balaban J connectivity index is 2.05. The Bertz CT molecular complexity index is 537. The number of hydrogen-bond acceptors (Lipinski definition) is 4. The first kappa shape index (κ1) is 13.9. The lowest BCUT2D eigenvalue weighted by atomic mass is 10.2. The highest BCUT2D eigenvalue weighted by atomic mass is 32.1. The summed E-state index contributed by atoms with van der Waals surface area (Å²) < 4.78 is 5.66. The van der Waals surface area contributed by atoms with E-state index in [1.54, 1.807) is 11.3 Å². The molecule has 0 saturated carbocycles. The van der Waals surface area contributed by atoms with Crippen LogP contribution in [0, 0.1) is 6.92 Å². The molecule has 0 aliphatic carbocycles. The van der Waals surface area contributed by atoms with Gasteiger partial charge in [-0.25, -0.2) is 4.98 Å². The minimum absolute atomic E-state index is 0.679. The maximum atomic E-state index is 5.66. The van der Waals surface area contributed by atoms with Crippen LogP contribution >= 0.6 is 11.3 Å². The summed E-state index contributed by atoms with van der Waals surface area (Å²) in [6.45, 7) is 7.68. The highest BCUT2D eigenvalue weighted by molar-refractivity contribution is 7.11. The van der Waals surface area contributed by atoms with E-state index in [1.807, 2.05) is 13.1 Å². The molecule has 0 unspecified atom stereocenters. The summed E-state index contributed by atoms with van der Waals surface area (Å²) in [5, 5.41) is 4.61. The lowest BCUT2D eigenvalue weighted by Crippen LogP contribution is -2.02. The Labute approximate surface area is 118 Å². The van der Waals surface area contributed by atoms with Crippen LogP contribution in [0.4, 0.5) is 5.69 Å². The topological polar surface area (TPSA) is 34.1 Å². The van der Waals surface area contributed by atoms with Crippen molar-refractivity contribution in [1.82, 2.24) is 4.98 Å². The van der Waals surface area contributed by atoms with Gasteiger partial charge >= 0.3 is 0 Å². The molecule has 0 radical (unpaired) electrons. The van der Waals surface area contributed by atoms with Crippen molar-refractivity contribution in [3.8, 4) is 5.75 Å². The lowest BCUT2D eigenvalue weighted by Gasteiger charge is -2.12. The van der Waals surface area contributed by atoms with Gasteiger partial charge in [-0.15, -0.1) is 11.3 Å². The first-order chi connectivity index (χ1) is 9.22. The van der Waals surface area contributed by atoms with Gasteiger partial charge in [0.1, 0.15) is 5.75 Å². The Morgan fingerprint density at radius 1 is 1.32 bits per heavy atom. The molecule has 0 aliphatic rings. The minimum atomic E-state index is 0.679. The Morgan fingerprint density at radius 3 is 2.84 bits per heavy atom. The van der Waals surface area contributed by atoms with Crippen LogP contribution < -0.4 is 10.1 Å². The van der Waals surface area contributed by atoms with Crippen molar-refractivity contribution >= 4 is 17.0 Å². The highest BCUT2D eigenvalue weighted by Gasteiger charge is 2.05. The van der Waals surface area contributed by atoms with E-state index in [2.05, 4.69) is 42.3 Å². The van der Waals surface area contributed by atoms with Gasteiger partial charge in [-0.2, -0.15) is 0 Å². The normalized spacial score (nSPS) is 10.5. The fraction of sp³-hybridized carbons (Fsp3) is 0.400. The summed E-state index contributed by atoms with van der Waals surface area (Å²) in [5.41, 5.74) is 2.25. The van der Waals surface area contributed by atoms with Crippen LogP contribution in [-0.4, -0.2) is 11.6 Å². The molecule has 2 aromatic rings. The van der Waals surface area contributed by atoms with E-state index in [0.29, 0.717) is 6.61 Å². The first-order valence-electron chi connectivity index (χ1n) is 6.63. The SMILES string of the molecule is CCOc1cc(C)ccc1NCc1cnc(CC)s1. The average Bonchev–Trinajstić information content (AvgIpc) is 2.86. The molecule has 0 saturated heterocycles. The lowest BCUT2D eigenvalue weighted by molar-refractivity contribution is 0.341. The van der Waals surface area contributed by atoms with Crippen molar-refractivity contribution in [2.75, 3.05) is 11.9 Å². The largest absolute Gasteiger partial charge is 0.492 e. The third kappa shape index (κ3) is 3.70. The predicted molar refractivity (Wildman–Crippen MR) is 81.2 cm³/mol. The second-order valence-electron chi connectivity index (χ2n) is 4.36. The van der Waals surface area contributed by atoms with Crippen molar-refractivity contribution < 1.29 is 4.74 Å². The molecule has 0 aliphatic heterocycles. The zero-order chi connectivity index (χ0) is 13.7. The maximum absolute atomic E-state index is 5.66. The smallest absolute Gasteiger partial charge is 0.142 e. The molecule has 0 bridgehead atoms. The molecular weight excluding hydrogens is 256 g/mol. The molecule has 102 valence electrons. The number of hydrogen-bond donors (Lipinski definition) is 1. The number of aryl methyl sites for hydroxylation is 2. The second kappa shape index (κ2) is 6.57. The molecule has 19 heavy (non-hydrogen) atoms. The third-order valence-electron chi connectivity index (χ3n) is 2.79. The molecule has 1 aromatic heterocycles. The molecule has 0 spiro atoms. The van der Waals surface area contributed by atoms with E-state index >= 15 is 0 Å². The predicted octanol–water partition coefficient (Wildman–Crippen LogP) is 4.02. The zero-order valence-electron chi connectivity index (χ0n) is 11.7.